The zero-order chi connectivity index (χ0) is 16.4. The van der Waals surface area contributed by atoms with Gasteiger partial charge in [-0.15, -0.1) is 0 Å². The van der Waals surface area contributed by atoms with E-state index in [0.717, 1.165) is 37.0 Å². The minimum absolute atomic E-state index is 0.238. The summed E-state index contributed by atoms with van der Waals surface area (Å²) in [5.41, 5.74) is 1.88. The van der Waals surface area contributed by atoms with Crippen molar-refractivity contribution in [3.63, 3.8) is 0 Å². The molecule has 0 spiro atoms. The van der Waals surface area contributed by atoms with Crippen molar-refractivity contribution in [2.75, 3.05) is 13.1 Å². The number of rotatable bonds is 9. The zero-order valence-electron chi connectivity index (χ0n) is 13.5. The van der Waals surface area contributed by atoms with Crippen molar-refractivity contribution in [2.45, 2.75) is 52.1 Å². The van der Waals surface area contributed by atoms with Crippen LogP contribution in [-0.4, -0.2) is 30.3 Å². The van der Waals surface area contributed by atoms with Gasteiger partial charge in [0.2, 0.25) is 0 Å². The molecule has 0 fully saturated rings. The Balaban J connectivity index is 2.21. The molecule has 124 valence electrons. The first-order valence-corrected chi connectivity index (χ1v) is 7.96. The molecule has 1 aliphatic rings. The second kappa shape index (κ2) is 10.1. The number of unbranched alkanes of at least 4 members (excludes halogenated alkanes) is 3. The minimum atomic E-state index is -0.632. The summed E-state index contributed by atoms with van der Waals surface area (Å²) in [6.45, 7) is 5.11. The standard InChI is InChI=1S/C16H27N3O3/c1-12(2)13-9-14(11-15(20)10-13)19-16(21)17-7-5-3-4-6-8-18-22/h10-12,15,20H,3-9H2,1-2H3,(H2,17,19,21). The molecule has 6 nitrogen and oxygen atoms in total. The second-order valence-corrected chi connectivity index (χ2v) is 5.90. The van der Waals surface area contributed by atoms with Gasteiger partial charge in [-0.2, -0.15) is 4.91 Å². The van der Waals surface area contributed by atoms with Crippen LogP contribution in [0.2, 0.25) is 0 Å². The van der Waals surface area contributed by atoms with Crippen molar-refractivity contribution in [1.82, 2.24) is 10.6 Å². The van der Waals surface area contributed by atoms with E-state index in [2.05, 4.69) is 29.7 Å². The molecule has 0 bridgehead atoms. The second-order valence-electron chi connectivity index (χ2n) is 5.90. The number of aliphatic hydroxyl groups excluding tert-OH is 1. The van der Waals surface area contributed by atoms with Gasteiger partial charge >= 0.3 is 6.03 Å². The van der Waals surface area contributed by atoms with Gasteiger partial charge in [-0.05, 0) is 24.8 Å². The van der Waals surface area contributed by atoms with Gasteiger partial charge in [-0.1, -0.05) is 43.5 Å². The van der Waals surface area contributed by atoms with Crippen LogP contribution in [0.25, 0.3) is 0 Å². The number of carbonyl (C=O) groups excluding carboxylic acids is 1. The molecular formula is C16H27N3O3. The molecule has 0 aromatic carbocycles. The van der Waals surface area contributed by atoms with Crippen molar-refractivity contribution in [3.05, 3.63) is 28.3 Å². The van der Waals surface area contributed by atoms with E-state index in [1.807, 2.05) is 6.08 Å². The summed E-state index contributed by atoms with van der Waals surface area (Å²) in [4.78, 5) is 21.7. The van der Waals surface area contributed by atoms with Crippen LogP contribution in [0.15, 0.2) is 28.6 Å². The summed E-state index contributed by atoms with van der Waals surface area (Å²) in [6, 6.07) is -0.238. The van der Waals surface area contributed by atoms with Crippen LogP contribution >= 0.6 is 0 Å². The third-order valence-corrected chi connectivity index (χ3v) is 3.63. The number of carbonyl (C=O) groups is 1. The Morgan fingerprint density at radius 3 is 2.73 bits per heavy atom. The third kappa shape index (κ3) is 7.36. The Labute approximate surface area is 132 Å². The number of nitrogens with zero attached hydrogens (tertiary/aromatic N) is 1. The van der Waals surface area contributed by atoms with Crippen molar-refractivity contribution in [1.29, 1.82) is 0 Å². The Bertz CT molecular complexity index is 430. The lowest BCUT2D eigenvalue weighted by molar-refractivity contribution is 0.241. The third-order valence-electron chi connectivity index (χ3n) is 3.63. The van der Waals surface area contributed by atoms with E-state index in [4.69, 9.17) is 0 Å². The smallest absolute Gasteiger partial charge is 0.318 e. The largest absolute Gasteiger partial charge is 0.385 e. The predicted molar refractivity (Wildman–Crippen MR) is 87.3 cm³/mol. The molecule has 0 saturated carbocycles. The first-order chi connectivity index (χ1) is 10.5. The van der Waals surface area contributed by atoms with E-state index < -0.39 is 6.10 Å². The molecule has 0 heterocycles. The molecule has 0 saturated heterocycles. The summed E-state index contributed by atoms with van der Waals surface area (Å²) in [6.07, 6.45) is 7.15. The highest BCUT2D eigenvalue weighted by molar-refractivity contribution is 5.76. The van der Waals surface area contributed by atoms with Crippen LogP contribution in [0.3, 0.4) is 0 Å². The lowest BCUT2D eigenvalue weighted by atomic mass is 9.92. The number of nitrogens with one attached hydrogen (secondary N) is 2. The van der Waals surface area contributed by atoms with Gasteiger partial charge in [0, 0.05) is 18.7 Å². The van der Waals surface area contributed by atoms with Gasteiger partial charge in [-0.25, -0.2) is 4.79 Å². The summed E-state index contributed by atoms with van der Waals surface area (Å²) >= 11 is 0. The Morgan fingerprint density at radius 2 is 2.05 bits per heavy atom. The highest BCUT2D eigenvalue weighted by atomic mass is 16.3. The molecular weight excluding hydrogens is 282 g/mol. The summed E-state index contributed by atoms with van der Waals surface area (Å²) in [7, 11) is 0. The number of hydrogen-bond acceptors (Lipinski definition) is 4. The molecule has 6 heteroatoms. The van der Waals surface area contributed by atoms with Crippen LogP contribution in [0, 0.1) is 10.8 Å². The zero-order valence-corrected chi connectivity index (χ0v) is 13.5. The van der Waals surface area contributed by atoms with Gasteiger partial charge in [0.1, 0.15) is 0 Å². The number of urea groups is 1. The first-order valence-electron chi connectivity index (χ1n) is 7.96. The number of allylic oxidation sites excluding steroid dienone is 1. The summed E-state index contributed by atoms with van der Waals surface area (Å²) in [5, 5.41) is 18.2. The van der Waals surface area contributed by atoms with Crippen LogP contribution < -0.4 is 10.6 Å². The van der Waals surface area contributed by atoms with Crippen LogP contribution in [0.1, 0.15) is 46.0 Å². The highest BCUT2D eigenvalue weighted by Gasteiger charge is 2.16. The quantitative estimate of drug-likeness (QED) is 0.347. The fraction of sp³-hybridized carbons (Fsp3) is 0.688. The number of hydrogen-bond donors (Lipinski definition) is 3. The van der Waals surface area contributed by atoms with Crippen LogP contribution in [-0.2, 0) is 0 Å². The van der Waals surface area contributed by atoms with E-state index in [-0.39, 0.29) is 6.03 Å². The average Bonchev–Trinajstić information content (AvgIpc) is 2.45. The lowest BCUT2D eigenvalue weighted by Crippen LogP contribution is -2.36. The maximum absolute atomic E-state index is 11.8. The van der Waals surface area contributed by atoms with Gasteiger partial charge in [-0.3, -0.25) is 0 Å². The monoisotopic (exact) mass is 309 g/mol. The lowest BCUT2D eigenvalue weighted by Gasteiger charge is -2.21. The first kappa shape index (κ1) is 18.4. The van der Waals surface area contributed by atoms with Crippen LogP contribution in [0.4, 0.5) is 4.79 Å². The predicted octanol–water partition coefficient (Wildman–Crippen LogP) is 2.84. The molecule has 0 aromatic rings. The highest BCUT2D eigenvalue weighted by Crippen LogP contribution is 2.23. The Morgan fingerprint density at radius 1 is 1.32 bits per heavy atom. The van der Waals surface area contributed by atoms with Crippen molar-refractivity contribution >= 4 is 6.03 Å². The normalized spacial score (nSPS) is 17.7. The molecule has 1 unspecified atom stereocenters. The van der Waals surface area contributed by atoms with E-state index in [9.17, 15) is 14.8 Å². The average molecular weight is 309 g/mol. The molecule has 1 aliphatic carbocycles. The topological polar surface area (TPSA) is 90.8 Å². The van der Waals surface area contributed by atoms with E-state index in [0.29, 0.717) is 25.4 Å². The van der Waals surface area contributed by atoms with E-state index in [1.54, 1.807) is 6.08 Å². The minimum Gasteiger partial charge on any atom is -0.385 e. The van der Waals surface area contributed by atoms with E-state index >= 15 is 0 Å². The van der Waals surface area contributed by atoms with Crippen LogP contribution in [0.5, 0.6) is 0 Å². The number of amides is 2. The van der Waals surface area contributed by atoms with Crippen molar-refractivity contribution < 1.29 is 9.90 Å². The van der Waals surface area contributed by atoms with Crippen molar-refractivity contribution in [3.8, 4) is 0 Å². The number of aliphatic hydroxyl groups is 1. The SMILES string of the molecule is CC(C)C1=CC(O)C=C(NC(=O)NCCCCCCN=O)C1. The fourth-order valence-electron chi connectivity index (χ4n) is 2.34. The molecule has 1 rings (SSSR count). The van der Waals surface area contributed by atoms with Gasteiger partial charge < -0.3 is 15.7 Å². The summed E-state index contributed by atoms with van der Waals surface area (Å²) in [5.74, 6) is 0.351. The molecule has 3 N–H and O–H groups in total. The molecule has 22 heavy (non-hydrogen) atoms. The molecule has 1 atom stereocenters. The number of nitroso groups, excluding NO2 is 1. The maximum Gasteiger partial charge on any atom is 0.318 e. The molecule has 2 amide bonds. The fourth-order valence-corrected chi connectivity index (χ4v) is 2.34. The Kier molecular flexibility index (Phi) is 8.43. The van der Waals surface area contributed by atoms with Crippen molar-refractivity contribution in [2.24, 2.45) is 11.1 Å². The summed E-state index contributed by atoms with van der Waals surface area (Å²) < 4.78 is 0. The van der Waals surface area contributed by atoms with Gasteiger partial charge in [0.05, 0.1) is 12.6 Å². The maximum atomic E-state index is 11.8. The Hall–Kier alpha value is -1.69. The van der Waals surface area contributed by atoms with Gasteiger partial charge in [0.25, 0.3) is 0 Å². The molecule has 0 aromatic heterocycles. The van der Waals surface area contributed by atoms with Gasteiger partial charge in [0.15, 0.2) is 0 Å². The van der Waals surface area contributed by atoms with E-state index in [1.165, 1.54) is 0 Å². The molecule has 0 aliphatic heterocycles. The molecule has 0 radical (unpaired) electrons.